The number of carbonyl (C=O) groups is 1. The Morgan fingerprint density at radius 3 is 2.57 bits per heavy atom. The van der Waals surface area contributed by atoms with E-state index < -0.39 is 5.41 Å². The molecule has 0 aliphatic carbocycles. The summed E-state index contributed by atoms with van der Waals surface area (Å²) in [5.74, 6) is -0.156. The van der Waals surface area contributed by atoms with Crippen LogP contribution < -0.4 is 0 Å². The number of aryl methyl sites for hydroxylation is 2. The largest absolute Gasteiger partial charge is 0.465 e. The van der Waals surface area contributed by atoms with Crippen molar-refractivity contribution in [3.05, 3.63) is 70.3 Å². The zero-order chi connectivity index (χ0) is 21.7. The maximum Gasteiger partial charge on any atom is 0.314 e. The maximum atomic E-state index is 12.7. The molecular weight excluding hydrogens is 396 g/mol. The first-order valence-electron chi connectivity index (χ1n) is 10.6. The Hall–Kier alpha value is -2.10. The van der Waals surface area contributed by atoms with Crippen LogP contribution in [0.4, 0.5) is 0 Å². The van der Waals surface area contributed by atoms with Gasteiger partial charge >= 0.3 is 5.97 Å². The highest BCUT2D eigenvalue weighted by Gasteiger charge is 2.42. The maximum absolute atomic E-state index is 12.7. The van der Waals surface area contributed by atoms with Crippen LogP contribution in [0.1, 0.15) is 42.9 Å². The third-order valence-corrected chi connectivity index (χ3v) is 6.15. The first-order chi connectivity index (χ1) is 14.3. The van der Waals surface area contributed by atoms with Crippen LogP contribution in [0.15, 0.2) is 48.6 Å². The van der Waals surface area contributed by atoms with Gasteiger partial charge < -0.3 is 9.47 Å². The molecule has 1 unspecified atom stereocenters. The van der Waals surface area contributed by atoms with Crippen molar-refractivity contribution in [1.82, 2.24) is 0 Å². The molecule has 160 valence electrons. The van der Waals surface area contributed by atoms with E-state index in [0.29, 0.717) is 26.2 Å². The quantitative estimate of drug-likeness (QED) is 0.375. The van der Waals surface area contributed by atoms with E-state index in [1.807, 2.05) is 19.1 Å². The molecule has 0 spiro atoms. The predicted molar refractivity (Wildman–Crippen MR) is 123 cm³/mol. The smallest absolute Gasteiger partial charge is 0.314 e. The first kappa shape index (κ1) is 22.6. The van der Waals surface area contributed by atoms with E-state index in [2.05, 4.69) is 44.7 Å². The van der Waals surface area contributed by atoms with Crippen molar-refractivity contribution in [1.29, 1.82) is 0 Å². The Balaban J connectivity index is 1.78. The highest BCUT2D eigenvalue weighted by Crippen LogP contribution is 2.38. The van der Waals surface area contributed by atoms with Crippen molar-refractivity contribution < 1.29 is 14.3 Å². The number of hydrogen-bond acceptors (Lipinski definition) is 3. The fraction of sp³-hybridized carbons (Fsp3) is 0.423. The third kappa shape index (κ3) is 5.14. The minimum atomic E-state index is -0.600. The van der Waals surface area contributed by atoms with Crippen LogP contribution in [-0.4, -0.2) is 25.8 Å². The number of carbonyl (C=O) groups excluding carboxylic acids is 1. The van der Waals surface area contributed by atoms with Crippen LogP contribution in [0.3, 0.4) is 0 Å². The summed E-state index contributed by atoms with van der Waals surface area (Å²) in [6, 6.07) is 12.4. The zero-order valence-corrected chi connectivity index (χ0v) is 19.0. The summed E-state index contributed by atoms with van der Waals surface area (Å²) in [6.45, 7) is 11.9. The van der Waals surface area contributed by atoms with Gasteiger partial charge in [0.2, 0.25) is 0 Å². The van der Waals surface area contributed by atoms with Crippen molar-refractivity contribution in [2.45, 2.75) is 46.5 Å². The molecule has 1 atom stereocenters. The van der Waals surface area contributed by atoms with Gasteiger partial charge in [0.1, 0.15) is 0 Å². The highest BCUT2D eigenvalue weighted by molar-refractivity contribution is 6.30. The van der Waals surface area contributed by atoms with Crippen molar-refractivity contribution in [2.24, 2.45) is 5.41 Å². The molecule has 1 saturated heterocycles. The average Bonchev–Trinajstić information content (AvgIpc) is 2.72. The average molecular weight is 427 g/mol. The molecule has 4 heteroatoms. The van der Waals surface area contributed by atoms with E-state index in [1.54, 1.807) is 0 Å². The van der Waals surface area contributed by atoms with Gasteiger partial charge in [-0.1, -0.05) is 48.0 Å². The first-order valence-corrected chi connectivity index (χ1v) is 11.0. The lowest BCUT2D eigenvalue weighted by molar-refractivity contribution is -0.163. The molecule has 0 aromatic heterocycles. The molecule has 1 aliphatic rings. The molecule has 2 aromatic carbocycles. The Morgan fingerprint density at radius 2 is 1.93 bits per heavy atom. The van der Waals surface area contributed by atoms with Crippen LogP contribution in [0, 0.1) is 19.3 Å². The van der Waals surface area contributed by atoms with Crippen LogP contribution in [0.2, 0.25) is 5.02 Å². The number of hydrogen-bond donors (Lipinski definition) is 0. The molecular formula is C26H31ClO3. The van der Waals surface area contributed by atoms with Crippen molar-refractivity contribution in [3.8, 4) is 11.1 Å². The van der Waals surface area contributed by atoms with Crippen LogP contribution in [0.25, 0.3) is 11.1 Å². The molecule has 0 radical (unpaired) electrons. The van der Waals surface area contributed by atoms with E-state index in [4.69, 9.17) is 21.1 Å². The topological polar surface area (TPSA) is 35.5 Å². The lowest BCUT2D eigenvalue weighted by atomic mass is 9.76. The summed E-state index contributed by atoms with van der Waals surface area (Å²) in [6.07, 6.45) is 3.01. The molecule has 0 saturated carbocycles. The third-order valence-electron chi connectivity index (χ3n) is 5.90. The summed E-state index contributed by atoms with van der Waals surface area (Å²) in [5, 5.41) is 0.739. The number of rotatable bonds is 7. The number of halogens is 1. The summed E-state index contributed by atoms with van der Waals surface area (Å²) < 4.78 is 11.1. The fourth-order valence-electron chi connectivity index (χ4n) is 4.33. The second-order valence-corrected chi connectivity index (χ2v) is 8.80. The lowest BCUT2D eigenvalue weighted by Gasteiger charge is -2.35. The monoisotopic (exact) mass is 426 g/mol. The number of benzene rings is 2. The Morgan fingerprint density at radius 1 is 1.20 bits per heavy atom. The highest BCUT2D eigenvalue weighted by atomic mass is 35.5. The van der Waals surface area contributed by atoms with Gasteiger partial charge in [-0.25, -0.2) is 0 Å². The second-order valence-electron chi connectivity index (χ2n) is 8.36. The Labute approximate surface area is 185 Å². The van der Waals surface area contributed by atoms with Gasteiger partial charge in [0.15, 0.2) is 0 Å². The van der Waals surface area contributed by atoms with Gasteiger partial charge in [-0.3, -0.25) is 4.79 Å². The summed E-state index contributed by atoms with van der Waals surface area (Å²) in [7, 11) is 0. The Kier molecular flexibility index (Phi) is 7.38. The second kappa shape index (κ2) is 9.80. The van der Waals surface area contributed by atoms with E-state index >= 15 is 0 Å². The van der Waals surface area contributed by atoms with E-state index in [0.717, 1.165) is 35.4 Å². The molecule has 0 N–H and O–H groups in total. The standard InChI is InChI=1S/C26H31ClO3/c1-5-30-25(28)26(11-6-12-29-17-26)16-18(2)13-22-14-20(4)24(15-19(22)3)21-7-9-23(27)10-8-21/h7-10,14-15H,2,5-6,11-13,16-17H2,1,3-4H3. The Bertz CT molecular complexity index is 909. The van der Waals surface area contributed by atoms with E-state index in [-0.39, 0.29) is 5.97 Å². The van der Waals surface area contributed by atoms with Crippen LogP contribution in [-0.2, 0) is 20.7 Å². The van der Waals surface area contributed by atoms with E-state index in [1.165, 1.54) is 22.3 Å². The van der Waals surface area contributed by atoms with Crippen molar-refractivity contribution in [3.63, 3.8) is 0 Å². The normalized spacial score (nSPS) is 18.8. The summed E-state index contributed by atoms with van der Waals surface area (Å²) in [5.41, 5.74) is 6.48. The fourth-order valence-corrected chi connectivity index (χ4v) is 4.45. The van der Waals surface area contributed by atoms with Gasteiger partial charge in [0.05, 0.1) is 18.6 Å². The molecule has 0 amide bonds. The minimum Gasteiger partial charge on any atom is -0.465 e. The number of allylic oxidation sites excluding steroid dienone is 1. The predicted octanol–water partition coefficient (Wildman–Crippen LogP) is 6.47. The molecule has 3 rings (SSSR count). The molecule has 0 bridgehead atoms. The molecule has 30 heavy (non-hydrogen) atoms. The molecule has 3 nitrogen and oxygen atoms in total. The molecule has 1 aliphatic heterocycles. The lowest BCUT2D eigenvalue weighted by Crippen LogP contribution is -2.41. The molecule has 1 fully saturated rings. The minimum absolute atomic E-state index is 0.156. The van der Waals surface area contributed by atoms with Gasteiger partial charge in [0.25, 0.3) is 0 Å². The van der Waals surface area contributed by atoms with Gasteiger partial charge in [-0.05, 0) is 86.4 Å². The SMILES string of the molecule is C=C(Cc1cc(C)c(-c2ccc(Cl)cc2)cc1C)CC1(C(=O)OCC)CCCOC1. The van der Waals surface area contributed by atoms with Gasteiger partial charge in [-0.15, -0.1) is 0 Å². The molecule has 2 aromatic rings. The summed E-state index contributed by atoms with van der Waals surface area (Å²) >= 11 is 6.03. The van der Waals surface area contributed by atoms with Crippen molar-refractivity contribution >= 4 is 17.6 Å². The molecule has 1 heterocycles. The van der Waals surface area contributed by atoms with Gasteiger partial charge in [-0.2, -0.15) is 0 Å². The van der Waals surface area contributed by atoms with E-state index in [9.17, 15) is 4.79 Å². The van der Waals surface area contributed by atoms with Crippen LogP contribution >= 0.6 is 11.6 Å². The van der Waals surface area contributed by atoms with Crippen LogP contribution in [0.5, 0.6) is 0 Å². The van der Waals surface area contributed by atoms with Gasteiger partial charge in [0, 0.05) is 11.6 Å². The summed E-state index contributed by atoms with van der Waals surface area (Å²) in [4.78, 5) is 12.7. The number of esters is 1. The number of ether oxygens (including phenoxy) is 2. The van der Waals surface area contributed by atoms with Crippen molar-refractivity contribution in [2.75, 3.05) is 19.8 Å². The zero-order valence-electron chi connectivity index (χ0n) is 18.2.